The third kappa shape index (κ3) is 9.95. The fraction of sp³-hybridized carbons (Fsp3) is 0.778. The third-order valence-electron chi connectivity index (χ3n) is 1.38. The Morgan fingerprint density at radius 1 is 1.50 bits per heavy atom. The van der Waals surface area contributed by atoms with Crippen LogP contribution >= 0.6 is 11.6 Å². The van der Waals surface area contributed by atoms with Crippen LogP contribution in [0.1, 0.15) is 19.8 Å². The molecule has 0 fully saturated rings. The molecule has 0 aliphatic carbocycles. The summed E-state index contributed by atoms with van der Waals surface area (Å²) in [6.07, 6.45) is 2.33. The molecule has 0 aliphatic heterocycles. The number of nitrogens with one attached hydrogen (secondary N) is 1. The lowest BCUT2D eigenvalue weighted by Gasteiger charge is -2.04. The highest BCUT2D eigenvalue weighted by Gasteiger charge is 1.89. The Hall–Kier alpha value is -0.0500. The van der Waals surface area contributed by atoms with Gasteiger partial charge >= 0.3 is 0 Å². The second kappa shape index (κ2) is 9.04. The molecule has 0 saturated heterocycles. The number of halogens is 1. The van der Waals surface area contributed by atoms with Gasteiger partial charge < -0.3 is 10.1 Å². The molecule has 0 unspecified atom stereocenters. The fourth-order valence-corrected chi connectivity index (χ4v) is 0.811. The van der Waals surface area contributed by atoms with Gasteiger partial charge in [-0.05, 0) is 6.42 Å². The van der Waals surface area contributed by atoms with Crippen molar-refractivity contribution in [2.24, 2.45) is 0 Å². The normalized spacial score (nSPS) is 10.2. The first-order valence-electron chi connectivity index (χ1n) is 4.39. The first-order valence-corrected chi connectivity index (χ1v) is 4.77. The molecule has 12 heavy (non-hydrogen) atoms. The van der Waals surface area contributed by atoms with Crippen LogP contribution in [0.5, 0.6) is 0 Å². The predicted octanol–water partition coefficient (Wildman–Crippen LogP) is 2.15. The average Bonchev–Trinajstić information content (AvgIpc) is 2.02. The van der Waals surface area contributed by atoms with E-state index in [0.717, 1.165) is 26.2 Å². The first-order chi connectivity index (χ1) is 5.77. The molecule has 0 atom stereocenters. The van der Waals surface area contributed by atoms with Crippen LogP contribution in [0.4, 0.5) is 0 Å². The van der Waals surface area contributed by atoms with Crippen molar-refractivity contribution in [2.75, 3.05) is 26.3 Å². The van der Waals surface area contributed by atoms with Crippen molar-refractivity contribution < 1.29 is 4.74 Å². The molecular weight excluding hydrogens is 174 g/mol. The molecule has 0 saturated carbocycles. The lowest BCUT2D eigenvalue weighted by molar-refractivity contribution is 0.133. The van der Waals surface area contributed by atoms with E-state index in [1.54, 1.807) is 0 Å². The molecule has 0 rings (SSSR count). The maximum Gasteiger partial charge on any atom is 0.0591 e. The summed E-state index contributed by atoms with van der Waals surface area (Å²) in [7, 11) is 0. The lowest BCUT2D eigenvalue weighted by atomic mass is 10.4. The SMILES string of the molecule is C=C(Cl)CNCCOCCCC. The number of hydrogen-bond donors (Lipinski definition) is 1. The molecule has 0 amide bonds. The molecule has 0 bridgehead atoms. The Kier molecular flexibility index (Phi) is 9.00. The maximum absolute atomic E-state index is 5.54. The van der Waals surface area contributed by atoms with E-state index in [0.29, 0.717) is 11.6 Å². The van der Waals surface area contributed by atoms with E-state index in [1.807, 2.05) is 0 Å². The van der Waals surface area contributed by atoms with E-state index in [4.69, 9.17) is 16.3 Å². The van der Waals surface area contributed by atoms with E-state index in [2.05, 4.69) is 18.8 Å². The van der Waals surface area contributed by atoms with Crippen molar-refractivity contribution in [2.45, 2.75) is 19.8 Å². The number of rotatable bonds is 8. The molecule has 3 heteroatoms. The van der Waals surface area contributed by atoms with Crippen molar-refractivity contribution in [3.05, 3.63) is 11.6 Å². The molecule has 1 N–H and O–H groups in total. The van der Waals surface area contributed by atoms with Gasteiger partial charge in [-0.15, -0.1) is 0 Å². The Bertz CT molecular complexity index is 117. The van der Waals surface area contributed by atoms with Crippen LogP contribution in [0.25, 0.3) is 0 Å². The monoisotopic (exact) mass is 191 g/mol. The molecular formula is C9H18ClNO. The smallest absolute Gasteiger partial charge is 0.0591 e. The summed E-state index contributed by atoms with van der Waals surface area (Å²) in [6, 6.07) is 0. The van der Waals surface area contributed by atoms with Crippen molar-refractivity contribution in [1.29, 1.82) is 0 Å². The minimum absolute atomic E-state index is 0.642. The number of unbranched alkanes of at least 4 members (excludes halogenated alkanes) is 1. The van der Waals surface area contributed by atoms with Gasteiger partial charge in [-0.3, -0.25) is 0 Å². The van der Waals surface area contributed by atoms with Gasteiger partial charge in [0.05, 0.1) is 6.61 Å². The Balaban J connectivity index is 2.86. The molecule has 0 aliphatic rings. The van der Waals surface area contributed by atoms with Crippen LogP contribution in [0.2, 0.25) is 0 Å². The van der Waals surface area contributed by atoms with Gasteiger partial charge in [-0.25, -0.2) is 0 Å². The molecule has 0 spiro atoms. The van der Waals surface area contributed by atoms with Gasteiger partial charge in [0.2, 0.25) is 0 Å². The summed E-state index contributed by atoms with van der Waals surface area (Å²) in [4.78, 5) is 0. The Labute approximate surface area is 79.9 Å². The molecule has 0 aromatic carbocycles. The van der Waals surface area contributed by atoms with E-state index in [-0.39, 0.29) is 0 Å². The Morgan fingerprint density at radius 2 is 2.25 bits per heavy atom. The molecule has 0 aromatic heterocycles. The third-order valence-corrected chi connectivity index (χ3v) is 1.52. The minimum Gasteiger partial charge on any atom is -0.380 e. The molecule has 0 heterocycles. The summed E-state index contributed by atoms with van der Waals surface area (Å²) in [5, 5.41) is 3.75. The number of ether oxygens (including phenoxy) is 1. The van der Waals surface area contributed by atoms with Crippen LogP contribution in [0.3, 0.4) is 0 Å². The summed E-state index contributed by atoms with van der Waals surface area (Å²) in [5.74, 6) is 0. The maximum atomic E-state index is 5.54. The molecule has 72 valence electrons. The quantitative estimate of drug-likeness (QED) is 0.594. The topological polar surface area (TPSA) is 21.3 Å². The highest BCUT2D eigenvalue weighted by molar-refractivity contribution is 6.29. The summed E-state index contributed by atoms with van der Waals surface area (Å²) in [6.45, 7) is 8.84. The zero-order valence-corrected chi connectivity index (χ0v) is 8.49. The van der Waals surface area contributed by atoms with Crippen molar-refractivity contribution >= 4 is 11.6 Å². The van der Waals surface area contributed by atoms with Gasteiger partial charge in [0.15, 0.2) is 0 Å². The molecule has 0 aromatic rings. The van der Waals surface area contributed by atoms with Crippen LogP contribution < -0.4 is 5.32 Å². The van der Waals surface area contributed by atoms with Gasteiger partial charge in [0.25, 0.3) is 0 Å². The second-order valence-electron chi connectivity index (χ2n) is 2.66. The van der Waals surface area contributed by atoms with Gasteiger partial charge in [-0.1, -0.05) is 31.5 Å². The average molecular weight is 192 g/mol. The van der Waals surface area contributed by atoms with Gasteiger partial charge in [0.1, 0.15) is 0 Å². The minimum atomic E-state index is 0.642. The number of hydrogen-bond acceptors (Lipinski definition) is 2. The van der Waals surface area contributed by atoms with Crippen molar-refractivity contribution in [1.82, 2.24) is 5.32 Å². The molecule has 2 nitrogen and oxygen atoms in total. The van der Waals surface area contributed by atoms with E-state index in [1.165, 1.54) is 6.42 Å². The van der Waals surface area contributed by atoms with Crippen molar-refractivity contribution in [3.63, 3.8) is 0 Å². The first kappa shape index (κ1) is 11.9. The van der Waals surface area contributed by atoms with Crippen LogP contribution in [0.15, 0.2) is 11.6 Å². The van der Waals surface area contributed by atoms with Crippen molar-refractivity contribution in [3.8, 4) is 0 Å². The summed E-state index contributed by atoms with van der Waals surface area (Å²) < 4.78 is 5.32. The fourth-order valence-electron chi connectivity index (χ4n) is 0.717. The summed E-state index contributed by atoms with van der Waals surface area (Å²) in [5.41, 5.74) is 0. The van der Waals surface area contributed by atoms with Crippen LogP contribution in [0, 0.1) is 0 Å². The van der Waals surface area contributed by atoms with E-state index in [9.17, 15) is 0 Å². The van der Waals surface area contributed by atoms with Crippen LogP contribution in [-0.2, 0) is 4.74 Å². The zero-order valence-electron chi connectivity index (χ0n) is 7.74. The standard InChI is InChI=1S/C9H18ClNO/c1-3-4-6-12-7-5-11-8-9(2)10/h11H,2-8H2,1H3. The second-order valence-corrected chi connectivity index (χ2v) is 3.19. The molecule has 0 radical (unpaired) electrons. The van der Waals surface area contributed by atoms with Crippen LogP contribution in [-0.4, -0.2) is 26.3 Å². The predicted molar refractivity (Wildman–Crippen MR) is 53.6 cm³/mol. The highest BCUT2D eigenvalue weighted by atomic mass is 35.5. The zero-order chi connectivity index (χ0) is 9.23. The largest absolute Gasteiger partial charge is 0.380 e. The van der Waals surface area contributed by atoms with E-state index < -0.39 is 0 Å². The van der Waals surface area contributed by atoms with E-state index >= 15 is 0 Å². The lowest BCUT2D eigenvalue weighted by Crippen LogP contribution is -2.21. The summed E-state index contributed by atoms with van der Waals surface area (Å²) >= 11 is 5.54. The Morgan fingerprint density at radius 3 is 2.83 bits per heavy atom. The van der Waals surface area contributed by atoms with Gasteiger partial charge in [0, 0.05) is 24.7 Å². The van der Waals surface area contributed by atoms with Gasteiger partial charge in [-0.2, -0.15) is 0 Å². The highest BCUT2D eigenvalue weighted by Crippen LogP contribution is 1.91.